The Morgan fingerprint density at radius 2 is 1.20 bits per heavy atom. The molecule has 3 aromatic rings. The zero-order chi connectivity index (χ0) is 25.5. The van der Waals surface area contributed by atoms with Crippen molar-refractivity contribution < 1.29 is 14.4 Å². The van der Waals surface area contributed by atoms with Crippen LogP contribution in [0.2, 0.25) is 30.1 Å². The van der Waals surface area contributed by atoms with E-state index in [1.807, 2.05) is 0 Å². The summed E-state index contributed by atoms with van der Waals surface area (Å²) in [7, 11) is 0. The van der Waals surface area contributed by atoms with Crippen LogP contribution < -0.4 is 10.6 Å². The van der Waals surface area contributed by atoms with Crippen LogP contribution in [0.4, 0.5) is 11.4 Å². The van der Waals surface area contributed by atoms with Crippen molar-refractivity contribution in [2.24, 2.45) is 11.1 Å². The Labute approximate surface area is 231 Å². The van der Waals surface area contributed by atoms with Gasteiger partial charge in [0, 0.05) is 25.7 Å². The van der Waals surface area contributed by atoms with Gasteiger partial charge in [0.25, 0.3) is 0 Å². The van der Waals surface area contributed by atoms with E-state index in [0.717, 1.165) is 6.21 Å². The summed E-state index contributed by atoms with van der Waals surface area (Å²) in [5.74, 6) is -2.88. The number of hydrogen-bond acceptors (Lipinski definition) is 4. The van der Waals surface area contributed by atoms with Crippen LogP contribution in [0.25, 0.3) is 0 Å². The number of halogens is 6. The fourth-order valence-corrected chi connectivity index (χ4v) is 4.08. The van der Waals surface area contributed by atoms with E-state index in [0.29, 0.717) is 25.7 Å². The lowest BCUT2D eigenvalue weighted by Gasteiger charge is -2.15. The van der Waals surface area contributed by atoms with Gasteiger partial charge in [-0.05, 0) is 48.5 Å². The number of carbonyl (C=O) groups excluding carboxylic acids is 2. The summed E-state index contributed by atoms with van der Waals surface area (Å²) in [5, 5.41) is 10.9. The van der Waals surface area contributed by atoms with Gasteiger partial charge in [-0.25, -0.2) is 0 Å². The van der Waals surface area contributed by atoms with Crippen molar-refractivity contribution in [3.05, 3.63) is 90.3 Å². The average Bonchev–Trinajstić information content (AvgIpc) is 2.78. The third kappa shape index (κ3) is 7.90. The van der Waals surface area contributed by atoms with Crippen molar-refractivity contribution in [3.63, 3.8) is 0 Å². The lowest BCUT2D eigenvalue weighted by atomic mass is 10.1. The first-order valence-corrected chi connectivity index (χ1v) is 12.0. The second-order valence-corrected chi connectivity index (χ2v) is 9.50. The fourth-order valence-electron chi connectivity index (χ4n) is 2.71. The summed E-state index contributed by atoms with van der Waals surface area (Å²) in [6, 6.07) is 13.9. The number of carbonyl (C=O) groups is 2. The molecule has 0 aliphatic heterocycles. The maximum Gasteiger partial charge on any atom is 0.242 e. The largest absolute Gasteiger partial charge is 0.391 e. The van der Waals surface area contributed by atoms with Gasteiger partial charge in [-0.3, -0.25) is 9.59 Å². The molecule has 0 saturated carbocycles. The first-order chi connectivity index (χ1) is 16.6. The molecule has 0 spiro atoms. The predicted octanol–water partition coefficient (Wildman–Crippen LogP) is 8.00. The van der Waals surface area contributed by atoms with Gasteiger partial charge >= 0.3 is 0 Å². The molecule has 35 heavy (non-hydrogen) atoms. The van der Waals surface area contributed by atoms with Crippen LogP contribution in [-0.2, 0) is 21.0 Å². The molecule has 12 heteroatoms. The minimum atomic E-state index is -1.42. The summed E-state index contributed by atoms with van der Waals surface area (Å²) in [4.78, 5) is 31.2. The van der Waals surface area contributed by atoms with Crippen molar-refractivity contribution in [2.45, 2.75) is 6.61 Å². The maximum atomic E-state index is 13.0. The summed E-state index contributed by atoms with van der Waals surface area (Å²) in [6.07, 6.45) is 1.04. The summed E-state index contributed by atoms with van der Waals surface area (Å²) in [6.45, 7) is -0.0194. The zero-order valence-corrected chi connectivity index (χ0v) is 22.0. The first-order valence-electron chi connectivity index (χ1n) is 9.75. The minimum absolute atomic E-state index is 0.0194. The average molecular weight is 594 g/mol. The highest BCUT2D eigenvalue weighted by Crippen LogP contribution is 2.28. The third-order valence-corrected chi connectivity index (χ3v) is 6.15. The maximum absolute atomic E-state index is 13.0. The Hall–Kier alpha value is -2.19. The highest BCUT2D eigenvalue weighted by molar-refractivity contribution is 6.38. The number of nitrogens with zero attached hydrogens (tertiary/aromatic N) is 1. The molecule has 0 aliphatic rings. The molecule has 0 aliphatic carbocycles. The molecule has 2 amide bonds. The Kier molecular flexibility index (Phi) is 9.92. The van der Waals surface area contributed by atoms with E-state index in [1.165, 1.54) is 24.3 Å². The predicted molar refractivity (Wildman–Crippen MR) is 143 cm³/mol. The molecule has 0 radical (unpaired) electrons. The molecular weight excluding hydrogens is 579 g/mol. The minimum Gasteiger partial charge on any atom is -0.391 e. The van der Waals surface area contributed by atoms with Crippen molar-refractivity contribution in [1.82, 2.24) is 0 Å². The van der Waals surface area contributed by atoms with Gasteiger partial charge in [0.2, 0.25) is 11.8 Å². The van der Waals surface area contributed by atoms with E-state index in [2.05, 4.69) is 15.8 Å². The Morgan fingerprint density at radius 3 is 1.66 bits per heavy atom. The molecule has 3 rings (SSSR count). The van der Waals surface area contributed by atoms with Gasteiger partial charge in [0.15, 0.2) is 5.92 Å². The number of rotatable bonds is 8. The van der Waals surface area contributed by atoms with Crippen molar-refractivity contribution >= 4 is 99.0 Å². The number of hydrogen-bond donors (Lipinski definition) is 2. The molecule has 0 saturated heterocycles. The van der Waals surface area contributed by atoms with Crippen LogP contribution in [0.15, 0.2) is 59.8 Å². The van der Waals surface area contributed by atoms with Crippen molar-refractivity contribution in [2.75, 3.05) is 10.6 Å². The summed E-state index contributed by atoms with van der Waals surface area (Å²) < 4.78 is 0. The van der Waals surface area contributed by atoms with E-state index >= 15 is 0 Å². The van der Waals surface area contributed by atoms with Gasteiger partial charge in [-0.1, -0.05) is 80.8 Å². The van der Waals surface area contributed by atoms with E-state index in [-0.39, 0.29) is 28.0 Å². The number of anilines is 2. The van der Waals surface area contributed by atoms with E-state index in [4.69, 9.17) is 74.4 Å². The van der Waals surface area contributed by atoms with Gasteiger partial charge < -0.3 is 15.5 Å². The molecule has 3 aromatic carbocycles. The van der Waals surface area contributed by atoms with Gasteiger partial charge in [0.05, 0.1) is 27.6 Å². The highest BCUT2D eigenvalue weighted by atomic mass is 35.5. The van der Waals surface area contributed by atoms with Gasteiger partial charge in [-0.2, -0.15) is 0 Å². The fraction of sp³-hybridized carbons (Fsp3) is 0.0870. The molecule has 6 nitrogen and oxygen atoms in total. The molecule has 0 fully saturated rings. The topological polar surface area (TPSA) is 79.8 Å². The molecule has 0 atom stereocenters. The van der Waals surface area contributed by atoms with Crippen LogP contribution in [0.1, 0.15) is 5.56 Å². The SMILES string of the molecule is O=C(Nc1ccc(Cl)cc1Cl)C(C=NOCc1ccc(Cl)cc1Cl)C(=O)Nc1ccc(Cl)cc1Cl. The molecule has 182 valence electrons. The van der Waals surface area contributed by atoms with E-state index in [1.54, 1.807) is 30.3 Å². The van der Waals surface area contributed by atoms with Crippen molar-refractivity contribution in [1.29, 1.82) is 0 Å². The van der Waals surface area contributed by atoms with Crippen LogP contribution in [0, 0.1) is 5.92 Å². The Bertz CT molecular complexity index is 1220. The molecule has 2 N–H and O–H groups in total. The van der Waals surface area contributed by atoms with Gasteiger partial charge in [0.1, 0.15) is 6.61 Å². The number of amides is 2. The second kappa shape index (κ2) is 12.7. The lowest BCUT2D eigenvalue weighted by Crippen LogP contribution is -2.35. The molecule has 0 heterocycles. The second-order valence-electron chi connectivity index (χ2n) is 6.97. The Balaban J connectivity index is 1.78. The number of nitrogens with one attached hydrogen (secondary N) is 2. The first kappa shape index (κ1) is 27.4. The van der Waals surface area contributed by atoms with E-state index < -0.39 is 17.7 Å². The third-order valence-electron chi connectivity index (χ3n) is 4.46. The van der Waals surface area contributed by atoms with Crippen LogP contribution >= 0.6 is 69.6 Å². The zero-order valence-electron chi connectivity index (χ0n) is 17.5. The van der Waals surface area contributed by atoms with Crippen LogP contribution in [0.3, 0.4) is 0 Å². The quantitative estimate of drug-likeness (QED) is 0.158. The smallest absolute Gasteiger partial charge is 0.242 e. The standard InChI is InChI=1S/C23H15Cl6N3O3/c24-13-2-1-12(17(27)7-13)11-35-30-10-16(22(33)31-20-5-3-14(25)8-18(20)28)23(34)32-21-6-4-15(26)9-19(21)29/h1-10,16H,11H2,(H,31,33)(H,32,34). The highest BCUT2D eigenvalue weighted by Gasteiger charge is 2.27. The van der Waals surface area contributed by atoms with Crippen molar-refractivity contribution in [3.8, 4) is 0 Å². The molecular formula is C23H15Cl6N3O3. The normalized spacial score (nSPS) is 11.1. The Morgan fingerprint density at radius 1 is 0.743 bits per heavy atom. The molecule has 0 unspecified atom stereocenters. The van der Waals surface area contributed by atoms with E-state index in [9.17, 15) is 9.59 Å². The monoisotopic (exact) mass is 591 g/mol. The number of benzene rings is 3. The summed E-state index contributed by atoms with van der Waals surface area (Å²) >= 11 is 36.1. The number of oxime groups is 1. The summed E-state index contributed by atoms with van der Waals surface area (Å²) in [5.41, 5.74) is 1.12. The molecule has 0 aromatic heterocycles. The van der Waals surface area contributed by atoms with Crippen LogP contribution in [0.5, 0.6) is 0 Å². The molecule has 0 bridgehead atoms. The van der Waals surface area contributed by atoms with Gasteiger partial charge in [-0.15, -0.1) is 0 Å². The van der Waals surface area contributed by atoms with Crippen LogP contribution in [-0.4, -0.2) is 18.0 Å². The lowest BCUT2D eigenvalue weighted by molar-refractivity contribution is -0.126.